The molecule has 1 heterocycles. The van der Waals surface area contributed by atoms with Crippen LogP contribution < -0.4 is 5.73 Å². The van der Waals surface area contributed by atoms with Crippen LogP contribution in [0.4, 0.5) is 5.69 Å². The molecule has 0 saturated carbocycles. The predicted octanol–water partition coefficient (Wildman–Crippen LogP) is 3.50. The van der Waals surface area contributed by atoms with Gasteiger partial charge < -0.3 is 5.73 Å². The fourth-order valence-electron chi connectivity index (χ4n) is 2.01. The Morgan fingerprint density at radius 1 is 1.05 bits per heavy atom. The van der Waals surface area contributed by atoms with Crippen LogP contribution in [0.2, 0.25) is 0 Å². The van der Waals surface area contributed by atoms with Crippen LogP contribution in [0, 0.1) is 0 Å². The predicted molar refractivity (Wildman–Crippen MR) is 88.6 cm³/mol. The first-order valence-electron chi connectivity index (χ1n) is 6.20. The second kappa shape index (κ2) is 5.95. The van der Waals surface area contributed by atoms with E-state index in [1.165, 1.54) is 0 Å². The molecular formula is C14H11Br2N5. The number of benzene rings is 2. The summed E-state index contributed by atoms with van der Waals surface area (Å²) in [5, 5.41) is 12.0. The Hall–Kier alpha value is -1.73. The lowest BCUT2D eigenvalue weighted by Crippen LogP contribution is -2.05. The summed E-state index contributed by atoms with van der Waals surface area (Å²) < 4.78 is 3.68. The summed E-state index contributed by atoms with van der Waals surface area (Å²) in [7, 11) is 0. The summed E-state index contributed by atoms with van der Waals surface area (Å²) in [4.78, 5) is 0. The van der Waals surface area contributed by atoms with E-state index in [1.807, 2.05) is 42.5 Å². The van der Waals surface area contributed by atoms with Crippen LogP contribution in [-0.2, 0) is 6.54 Å². The Balaban J connectivity index is 2.02. The standard InChI is InChI=1S/C14H11Br2N5/c15-12-4-2-1-3-9(12)8-21-14(18-19-20-21)11-7-10(17)5-6-13(11)16/h1-7H,8,17H2. The van der Waals surface area contributed by atoms with Crippen molar-refractivity contribution in [1.82, 2.24) is 20.2 Å². The van der Waals surface area contributed by atoms with Crippen molar-refractivity contribution in [1.29, 1.82) is 0 Å². The van der Waals surface area contributed by atoms with Crippen molar-refractivity contribution in [3.05, 3.63) is 57.0 Å². The molecule has 0 bridgehead atoms. The van der Waals surface area contributed by atoms with E-state index in [1.54, 1.807) is 4.68 Å². The van der Waals surface area contributed by atoms with E-state index >= 15 is 0 Å². The van der Waals surface area contributed by atoms with E-state index < -0.39 is 0 Å². The summed E-state index contributed by atoms with van der Waals surface area (Å²) in [6.07, 6.45) is 0. The number of nitrogen functional groups attached to an aromatic ring is 1. The average Bonchev–Trinajstić information content (AvgIpc) is 2.92. The molecule has 0 saturated heterocycles. The monoisotopic (exact) mass is 407 g/mol. The molecule has 21 heavy (non-hydrogen) atoms. The Bertz CT molecular complexity index is 785. The van der Waals surface area contributed by atoms with Gasteiger partial charge in [-0.15, -0.1) is 5.10 Å². The van der Waals surface area contributed by atoms with Gasteiger partial charge in [0.2, 0.25) is 0 Å². The van der Waals surface area contributed by atoms with Crippen molar-refractivity contribution >= 4 is 37.5 Å². The maximum atomic E-state index is 5.85. The molecule has 2 N–H and O–H groups in total. The SMILES string of the molecule is Nc1ccc(Br)c(-c2nnnn2Cc2ccccc2Br)c1. The number of rotatable bonds is 3. The minimum atomic E-state index is 0.574. The fourth-order valence-corrected chi connectivity index (χ4v) is 2.84. The summed E-state index contributed by atoms with van der Waals surface area (Å²) in [6.45, 7) is 0.574. The molecule has 0 amide bonds. The lowest BCUT2D eigenvalue weighted by molar-refractivity contribution is 0.651. The smallest absolute Gasteiger partial charge is 0.183 e. The summed E-state index contributed by atoms with van der Waals surface area (Å²) in [5.41, 5.74) is 8.49. The van der Waals surface area contributed by atoms with Crippen molar-refractivity contribution in [2.45, 2.75) is 6.54 Å². The van der Waals surface area contributed by atoms with E-state index in [4.69, 9.17) is 5.73 Å². The Morgan fingerprint density at radius 3 is 2.67 bits per heavy atom. The van der Waals surface area contributed by atoms with Crippen LogP contribution in [0.3, 0.4) is 0 Å². The number of anilines is 1. The fraction of sp³-hybridized carbons (Fsp3) is 0.0714. The molecule has 106 valence electrons. The average molecular weight is 409 g/mol. The number of hydrogen-bond acceptors (Lipinski definition) is 4. The highest BCUT2D eigenvalue weighted by Gasteiger charge is 2.13. The third kappa shape index (κ3) is 2.98. The van der Waals surface area contributed by atoms with Crippen LogP contribution in [0.1, 0.15) is 5.56 Å². The Kier molecular flexibility index (Phi) is 4.03. The Morgan fingerprint density at radius 2 is 1.86 bits per heavy atom. The highest BCUT2D eigenvalue weighted by Crippen LogP contribution is 2.29. The van der Waals surface area contributed by atoms with Crippen LogP contribution in [0.25, 0.3) is 11.4 Å². The first-order chi connectivity index (χ1) is 10.1. The molecule has 3 rings (SSSR count). The van der Waals surface area contributed by atoms with E-state index in [2.05, 4.69) is 47.4 Å². The summed E-state index contributed by atoms with van der Waals surface area (Å²) in [5.74, 6) is 0.671. The van der Waals surface area contributed by atoms with Crippen molar-refractivity contribution in [3.63, 3.8) is 0 Å². The van der Waals surface area contributed by atoms with Gasteiger partial charge in [0, 0.05) is 20.2 Å². The lowest BCUT2D eigenvalue weighted by atomic mass is 10.2. The molecule has 5 nitrogen and oxygen atoms in total. The van der Waals surface area contributed by atoms with Crippen LogP contribution in [-0.4, -0.2) is 20.2 Å². The molecule has 0 fully saturated rings. The van der Waals surface area contributed by atoms with E-state index in [0.29, 0.717) is 18.1 Å². The number of aromatic nitrogens is 4. The van der Waals surface area contributed by atoms with Gasteiger partial charge in [-0.2, -0.15) is 0 Å². The maximum absolute atomic E-state index is 5.85. The normalized spacial score (nSPS) is 10.8. The van der Waals surface area contributed by atoms with Crippen molar-refractivity contribution in [2.24, 2.45) is 0 Å². The van der Waals surface area contributed by atoms with E-state index in [0.717, 1.165) is 20.1 Å². The quantitative estimate of drug-likeness (QED) is 0.673. The number of halogens is 2. The van der Waals surface area contributed by atoms with Gasteiger partial charge in [-0.3, -0.25) is 0 Å². The van der Waals surface area contributed by atoms with Crippen molar-refractivity contribution < 1.29 is 0 Å². The van der Waals surface area contributed by atoms with Crippen molar-refractivity contribution in [3.8, 4) is 11.4 Å². The lowest BCUT2D eigenvalue weighted by Gasteiger charge is -2.08. The highest BCUT2D eigenvalue weighted by atomic mass is 79.9. The number of tetrazole rings is 1. The molecule has 7 heteroatoms. The molecule has 0 aliphatic heterocycles. The molecule has 0 radical (unpaired) electrons. The Labute approximate surface area is 138 Å². The topological polar surface area (TPSA) is 69.6 Å². The van der Waals surface area contributed by atoms with Crippen LogP contribution in [0.5, 0.6) is 0 Å². The summed E-state index contributed by atoms with van der Waals surface area (Å²) >= 11 is 7.05. The van der Waals surface area contributed by atoms with Gasteiger partial charge in [0.25, 0.3) is 0 Å². The summed E-state index contributed by atoms with van der Waals surface area (Å²) in [6, 6.07) is 13.6. The van der Waals surface area contributed by atoms with Gasteiger partial charge in [0.05, 0.1) is 6.54 Å². The second-order valence-corrected chi connectivity index (χ2v) is 6.20. The van der Waals surface area contributed by atoms with Crippen LogP contribution >= 0.6 is 31.9 Å². The zero-order valence-corrected chi connectivity index (χ0v) is 14.0. The zero-order valence-electron chi connectivity index (χ0n) is 10.9. The molecule has 1 aromatic heterocycles. The largest absolute Gasteiger partial charge is 0.399 e. The number of nitrogens with zero attached hydrogens (tertiary/aromatic N) is 4. The number of hydrogen-bond donors (Lipinski definition) is 1. The third-order valence-corrected chi connectivity index (χ3v) is 4.51. The van der Waals surface area contributed by atoms with E-state index in [-0.39, 0.29) is 0 Å². The van der Waals surface area contributed by atoms with Gasteiger partial charge in [-0.05, 0) is 40.3 Å². The van der Waals surface area contributed by atoms with Gasteiger partial charge in [0.1, 0.15) is 0 Å². The van der Waals surface area contributed by atoms with E-state index in [9.17, 15) is 0 Å². The first kappa shape index (κ1) is 14.2. The molecule has 3 aromatic rings. The molecule has 0 aliphatic carbocycles. The maximum Gasteiger partial charge on any atom is 0.183 e. The van der Waals surface area contributed by atoms with Gasteiger partial charge in [0.15, 0.2) is 5.82 Å². The second-order valence-electron chi connectivity index (χ2n) is 4.49. The molecule has 0 aliphatic rings. The highest BCUT2D eigenvalue weighted by molar-refractivity contribution is 9.10. The minimum Gasteiger partial charge on any atom is -0.399 e. The zero-order chi connectivity index (χ0) is 14.8. The first-order valence-corrected chi connectivity index (χ1v) is 7.79. The minimum absolute atomic E-state index is 0.574. The molecule has 0 atom stereocenters. The van der Waals surface area contributed by atoms with Gasteiger partial charge >= 0.3 is 0 Å². The third-order valence-electron chi connectivity index (χ3n) is 3.04. The number of nitrogens with two attached hydrogens (primary N) is 1. The van der Waals surface area contributed by atoms with Gasteiger partial charge in [-0.1, -0.05) is 50.1 Å². The molecule has 0 spiro atoms. The molecular weight excluding hydrogens is 398 g/mol. The molecule has 2 aromatic carbocycles. The van der Waals surface area contributed by atoms with Gasteiger partial charge in [-0.25, -0.2) is 4.68 Å². The van der Waals surface area contributed by atoms with Crippen molar-refractivity contribution in [2.75, 3.05) is 5.73 Å². The van der Waals surface area contributed by atoms with Crippen LogP contribution in [0.15, 0.2) is 51.4 Å². The molecule has 0 unspecified atom stereocenters.